The normalized spacial score (nSPS) is 16.4. The van der Waals surface area contributed by atoms with E-state index in [1.165, 1.54) is 0 Å². The zero-order chi connectivity index (χ0) is 25.3. The van der Waals surface area contributed by atoms with Crippen molar-refractivity contribution in [3.63, 3.8) is 0 Å². The predicted octanol–water partition coefficient (Wildman–Crippen LogP) is 2.44. The zero-order valence-corrected chi connectivity index (χ0v) is 20.6. The van der Waals surface area contributed by atoms with Crippen molar-refractivity contribution in [2.75, 3.05) is 24.5 Å². The molecule has 0 bridgehead atoms. The molecule has 3 aromatic carbocycles. The topological polar surface area (TPSA) is 105 Å². The number of hydrogen-bond donors (Lipinski definition) is 3. The largest absolute Gasteiger partial charge is 0.367 e. The number of anilines is 1. The number of nitrogens with two attached hydrogens (primary N) is 2. The van der Waals surface area contributed by atoms with Gasteiger partial charge < -0.3 is 26.6 Å². The van der Waals surface area contributed by atoms with E-state index < -0.39 is 12.1 Å². The molecular formula is C29H35N5O2. The monoisotopic (exact) mass is 485 g/mol. The predicted molar refractivity (Wildman–Crippen MR) is 143 cm³/mol. The highest BCUT2D eigenvalue weighted by Gasteiger charge is 2.37. The summed E-state index contributed by atoms with van der Waals surface area (Å²) in [6.07, 6.45) is 1.25. The third kappa shape index (κ3) is 6.50. The van der Waals surface area contributed by atoms with Crippen molar-refractivity contribution in [2.45, 2.75) is 38.0 Å². The molecule has 0 radical (unpaired) electrons. The van der Waals surface area contributed by atoms with Gasteiger partial charge in [0.05, 0.1) is 6.04 Å². The van der Waals surface area contributed by atoms with Crippen LogP contribution in [0.25, 0.3) is 0 Å². The van der Waals surface area contributed by atoms with Gasteiger partial charge in [-0.3, -0.25) is 9.59 Å². The van der Waals surface area contributed by atoms with Crippen molar-refractivity contribution in [1.29, 1.82) is 0 Å². The van der Waals surface area contributed by atoms with E-state index in [-0.39, 0.29) is 11.8 Å². The second-order valence-electron chi connectivity index (χ2n) is 9.20. The smallest absolute Gasteiger partial charge is 0.244 e. The highest BCUT2D eigenvalue weighted by atomic mass is 16.2. The molecule has 2 atom stereocenters. The molecule has 7 nitrogen and oxygen atoms in total. The lowest BCUT2D eigenvalue weighted by molar-refractivity contribution is -0.142. The number of carbonyl (C=O) groups excluding carboxylic acids is 2. The molecule has 1 aliphatic rings. The number of nitrogens with one attached hydrogen (secondary N) is 1. The molecular weight excluding hydrogens is 450 g/mol. The molecule has 7 heteroatoms. The van der Waals surface area contributed by atoms with E-state index in [4.69, 9.17) is 11.5 Å². The van der Waals surface area contributed by atoms with Gasteiger partial charge in [0.25, 0.3) is 0 Å². The van der Waals surface area contributed by atoms with Gasteiger partial charge in [0, 0.05) is 38.4 Å². The second-order valence-corrected chi connectivity index (χ2v) is 9.20. The van der Waals surface area contributed by atoms with Crippen molar-refractivity contribution < 1.29 is 9.59 Å². The van der Waals surface area contributed by atoms with Crippen LogP contribution in [-0.4, -0.2) is 48.4 Å². The van der Waals surface area contributed by atoms with E-state index in [1.807, 2.05) is 84.9 Å². The van der Waals surface area contributed by atoms with E-state index in [2.05, 4.69) is 10.2 Å². The maximum Gasteiger partial charge on any atom is 0.244 e. The van der Waals surface area contributed by atoms with Crippen LogP contribution in [0, 0.1) is 0 Å². The molecule has 1 aliphatic heterocycles. The van der Waals surface area contributed by atoms with Gasteiger partial charge in [-0.05, 0) is 41.7 Å². The van der Waals surface area contributed by atoms with Crippen molar-refractivity contribution >= 4 is 17.5 Å². The third-order valence-corrected chi connectivity index (χ3v) is 6.72. The number of hydrogen-bond acceptors (Lipinski definition) is 5. The molecule has 0 saturated carbocycles. The molecule has 1 fully saturated rings. The number of benzene rings is 3. The summed E-state index contributed by atoms with van der Waals surface area (Å²) in [5.74, 6) is -0.353. The van der Waals surface area contributed by atoms with Crippen LogP contribution in [0.15, 0.2) is 84.9 Å². The van der Waals surface area contributed by atoms with Gasteiger partial charge >= 0.3 is 0 Å². The highest BCUT2D eigenvalue weighted by molar-refractivity contribution is 5.90. The van der Waals surface area contributed by atoms with Crippen LogP contribution in [0.4, 0.5) is 5.69 Å². The highest BCUT2D eigenvalue weighted by Crippen LogP contribution is 2.20. The average Bonchev–Trinajstić information content (AvgIpc) is 2.95. The third-order valence-electron chi connectivity index (χ3n) is 6.72. The first-order valence-electron chi connectivity index (χ1n) is 12.5. The van der Waals surface area contributed by atoms with Crippen molar-refractivity contribution in [3.8, 4) is 0 Å². The SMILES string of the molecule is NCc1ccc(CNC(=O)C2CN(c3ccccc3)CCN2C(=O)C(N)CCc2ccccc2)cc1. The maximum absolute atomic E-state index is 13.4. The summed E-state index contributed by atoms with van der Waals surface area (Å²) in [6.45, 7) is 2.36. The van der Waals surface area contributed by atoms with Gasteiger partial charge in [0.1, 0.15) is 6.04 Å². The standard InChI is InChI=1S/C29H35N5O2/c30-19-23-11-13-24(14-12-23)20-32-28(35)27-21-33(25-9-5-2-6-10-25)17-18-34(27)29(36)26(31)16-15-22-7-3-1-4-8-22/h1-14,26-27H,15-21,30-31H2,(H,32,35). The molecule has 2 unspecified atom stereocenters. The van der Waals surface area contributed by atoms with Crippen LogP contribution in [0.3, 0.4) is 0 Å². The van der Waals surface area contributed by atoms with Crippen LogP contribution in [0.1, 0.15) is 23.1 Å². The van der Waals surface area contributed by atoms with Crippen LogP contribution in [0.2, 0.25) is 0 Å². The summed E-state index contributed by atoms with van der Waals surface area (Å²) in [4.78, 5) is 30.6. The fourth-order valence-electron chi connectivity index (χ4n) is 4.55. The minimum atomic E-state index is -0.660. The number of aryl methyl sites for hydroxylation is 1. The molecule has 3 aromatic rings. The minimum absolute atomic E-state index is 0.175. The summed E-state index contributed by atoms with van der Waals surface area (Å²) in [5, 5.41) is 3.03. The lowest BCUT2D eigenvalue weighted by Crippen LogP contribution is -2.63. The Bertz CT molecular complexity index is 1120. The van der Waals surface area contributed by atoms with Crippen molar-refractivity contribution in [2.24, 2.45) is 11.5 Å². The number of rotatable bonds is 9. The van der Waals surface area contributed by atoms with E-state index in [9.17, 15) is 9.59 Å². The zero-order valence-electron chi connectivity index (χ0n) is 20.6. The van der Waals surface area contributed by atoms with Crippen LogP contribution < -0.4 is 21.7 Å². The Labute approximate surface area is 213 Å². The fraction of sp³-hybridized carbons (Fsp3) is 0.310. The van der Waals surface area contributed by atoms with E-state index >= 15 is 0 Å². The summed E-state index contributed by atoms with van der Waals surface area (Å²) < 4.78 is 0. The van der Waals surface area contributed by atoms with E-state index in [0.717, 1.165) is 22.4 Å². The molecule has 0 spiro atoms. The number of carbonyl (C=O) groups is 2. The quantitative estimate of drug-likeness (QED) is 0.432. The van der Waals surface area contributed by atoms with E-state index in [1.54, 1.807) is 4.90 Å². The van der Waals surface area contributed by atoms with Gasteiger partial charge in [-0.25, -0.2) is 0 Å². The lowest BCUT2D eigenvalue weighted by Gasteiger charge is -2.42. The van der Waals surface area contributed by atoms with Crippen LogP contribution >= 0.6 is 0 Å². The number of para-hydroxylation sites is 1. The molecule has 0 aromatic heterocycles. The van der Waals surface area contributed by atoms with E-state index in [0.29, 0.717) is 45.6 Å². The first kappa shape index (κ1) is 25.4. The Hall–Kier alpha value is -3.68. The Morgan fingerprint density at radius 1 is 0.861 bits per heavy atom. The minimum Gasteiger partial charge on any atom is -0.367 e. The van der Waals surface area contributed by atoms with Gasteiger partial charge in [-0.2, -0.15) is 0 Å². The molecule has 0 aliphatic carbocycles. The van der Waals surface area contributed by atoms with Gasteiger partial charge in [-0.1, -0.05) is 72.8 Å². The molecule has 5 N–H and O–H groups in total. The molecule has 4 rings (SSSR count). The molecule has 1 saturated heterocycles. The van der Waals surface area contributed by atoms with Crippen LogP contribution in [-0.2, 0) is 29.1 Å². The number of amides is 2. The first-order chi connectivity index (χ1) is 17.5. The lowest BCUT2D eigenvalue weighted by atomic mass is 10.0. The Morgan fingerprint density at radius 2 is 1.50 bits per heavy atom. The molecule has 1 heterocycles. The summed E-state index contributed by atoms with van der Waals surface area (Å²) >= 11 is 0. The Kier molecular flexibility index (Phi) is 8.71. The Morgan fingerprint density at radius 3 is 2.17 bits per heavy atom. The van der Waals surface area contributed by atoms with Gasteiger partial charge in [-0.15, -0.1) is 0 Å². The van der Waals surface area contributed by atoms with Crippen molar-refractivity contribution in [1.82, 2.24) is 10.2 Å². The number of nitrogens with zero attached hydrogens (tertiary/aromatic N) is 2. The average molecular weight is 486 g/mol. The summed E-state index contributed by atoms with van der Waals surface area (Å²) in [7, 11) is 0. The van der Waals surface area contributed by atoms with Crippen molar-refractivity contribution in [3.05, 3.63) is 102 Å². The van der Waals surface area contributed by atoms with Gasteiger partial charge in [0.15, 0.2) is 0 Å². The summed E-state index contributed by atoms with van der Waals surface area (Å²) in [6, 6.07) is 26.5. The van der Waals surface area contributed by atoms with Gasteiger partial charge in [0.2, 0.25) is 11.8 Å². The Balaban J connectivity index is 1.45. The summed E-state index contributed by atoms with van der Waals surface area (Å²) in [5.41, 5.74) is 16.2. The molecule has 2 amide bonds. The first-order valence-corrected chi connectivity index (χ1v) is 12.5. The fourth-order valence-corrected chi connectivity index (χ4v) is 4.55. The molecule has 36 heavy (non-hydrogen) atoms. The second kappa shape index (κ2) is 12.3. The number of piperazine rings is 1. The molecule has 188 valence electrons. The van der Waals surface area contributed by atoms with Crippen LogP contribution in [0.5, 0.6) is 0 Å². The maximum atomic E-state index is 13.4.